The molecule has 170 valence electrons. The second kappa shape index (κ2) is 10.4. The second-order valence-electron chi connectivity index (χ2n) is 8.92. The van der Waals surface area contributed by atoms with Crippen LogP contribution in [-0.2, 0) is 16.0 Å². The van der Waals surface area contributed by atoms with E-state index in [-0.39, 0.29) is 35.0 Å². The molecule has 1 fully saturated rings. The summed E-state index contributed by atoms with van der Waals surface area (Å²) in [7, 11) is 0. The molecule has 1 aliphatic heterocycles. The number of piperidine rings is 1. The van der Waals surface area contributed by atoms with Crippen LogP contribution in [0.25, 0.3) is 0 Å². The molecule has 0 saturated carbocycles. The van der Waals surface area contributed by atoms with E-state index in [1.165, 1.54) is 17.7 Å². The van der Waals surface area contributed by atoms with Crippen molar-refractivity contribution in [2.45, 2.75) is 46.0 Å². The van der Waals surface area contributed by atoms with Gasteiger partial charge >= 0.3 is 0 Å². The van der Waals surface area contributed by atoms with Gasteiger partial charge in [-0.05, 0) is 49.3 Å². The van der Waals surface area contributed by atoms with Crippen LogP contribution in [0, 0.1) is 22.0 Å². The summed E-state index contributed by atoms with van der Waals surface area (Å²) in [6, 6.07) is 14.4. The van der Waals surface area contributed by atoms with Gasteiger partial charge in [0.05, 0.1) is 10.8 Å². The van der Waals surface area contributed by atoms with Crippen LogP contribution in [0.15, 0.2) is 48.5 Å². The third kappa shape index (κ3) is 5.72. The maximum Gasteiger partial charge on any atom is 0.292 e. The van der Waals surface area contributed by atoms with Crippen molar-refractivity contribution in [1.82, 2.24) is 4.90 Å². The zero-order chi connectivity index (χ0) is 23.3. The highest BCUT2D eigenvalue weighted by Gasteiger charge is 2.30. The van der Waals surface area contributed by atoms with E-state index in [4.69, 9.17) is 0 Å². The number of likely N-dealkylation sites (tertiary alicyclic amines) is 1. The van der Waals surface area contributed by atoms with E-state index >= 15 is 0 Å². The molecule has 2 aromatic carbocycles. The minimum atomic E-state index is -0.506. The second-order valence-corrected chi connectivity index (χ2v) is 8.92. The van der Waals surface area contributed by atoms with Crippen LogP contribution in [-0.4, -0.2) is 34.7 Å². The Bertz CT molecular complexity index is 963. The van der Waals surface area contributed by atoms with Gasteiger partial charge in [-0.2, -0.15) is 0 Å². The summed E-state index contributed by atoms with van der Waals surface area (Å²) in [4.78, 5) is 38.1. The fourth-order valence-electron chi connectivity index (χ4n) is 4.17. The van der Waals surface area contributed by atoms with Crippen molar-refractivity contribution >= 4 is 23.2 Å². The first-order chi connectivity index (χ1) is 15.3. The lowest BCUT2D eigenvalue weighted by molar-refractivity contribution is -0.383. The highest BCUT2D eigenvalue weighted by molar-refractivity contribution is 5.95. The van der Waals surface area contributed by atoms with E-state index in [0.717, 1.165) is 12.0 Å². The number of para-hydroxylation sites is 2. The summed E-state index contributed by atoms with van der Waals surface area (Å²) in [6.45, 7) is 7.30. The van der Waals surface area contributed by atoms with Crippen molar-refractivity contribution in [2.75, 3.05) is 18.4 Å². The average Bonchev–Trinajstić information content (AvgIpc) is 2.78. The quantitative estimate of drug-likeness (QED) is 0.499. The number of rotatable bonds is 7. The molecule has 0 aromatic heterocycles. The van der Waals surface area contributed by atoms with Crippen LogP contribution < -0.4 is 5.32 Å². The maximum atomic E-state index is 13.0. The van der Waals surface area contributed by atoms with Crippen molar-refractivity contribution < 1.29 is 14.5 Å². The lowest BCUT2D eigenvalue weighted by atomic mass is 9.92. The minimum absolute atomic E-state index is 0.0687. The molecule has 3 rings (SSSR count). The van der Waals surface area contributed by atoms with Crippen LogP contribution in [0.3, 0.4) is 0 Å². The topological polar surface area (TPSA) is 92.6 Å². The first kappa shape index (κ1) is 23.4. The number of carbonyl (C=O) groups excluding carboxylic acids is 2. The molecular formula is C25H31N3O4. The maximum absolute atomic E-state index is 13.0. The summed E-state index contributed by atoms with van der Waals surface area (Å²) in [5.74, 6) is -0.0873. The van der Waals surface area contributed by atoms with E-state index < -0.39 is 4.92 Å². The van der Waals surface area contributed by atoms with Crippen molar-refractivity contribution in [3.8, 4) is 0 Å². The Balaban J connectivity index is 1.55. The van der Waals surface area contributed by atoms with Gasteiger partial charge in [0.2, 0.25) is 11.8 Å². The largest absolute Gasteiger partial charge is 0.342 e. The van der Waals surface area contributed by atoms with Crippen LogP contribution in [0.2, 0.25) is 0 Å². The number of carbonyl (C=O) groups is 2. The van der Waals surface area contributed by atoms with E-state index in [0.29, 0.717) is 31.8 Å². The standard InChI is InChI=1S/C25H31N3O4/c1-17(2)16-19-8-10-20(11-9-19)18(3)25(30)27-14-12-21(13-15-27)24(29)26-22-6-4-5-7-23(22)28(31)32/h4-11,17-18,21H,12-16H2,1-3H3,(H,26,29). The molecule has 1 N–H and O–H groups in total. The van der Waals surface area contributed by atoms with Crippen LogP contribution in [0.1, 0.15) is 50.7 Å². The SMILES string of the molecule is CC(C)Cc1ccc(C(C)C(=O)N2CCC(C(=O)Nc3ccccc3[N+](=O)[O-])CC2)cc1. The number of anilines is 1. The predicted molar refractivity (Wildman–Crippen MR) is 124 cm³/mol. The van der Waals surface area contributed by atoms with Gasteiger partial charge in [0, 0.05) is 25.1 Å². The Hall–Kier alpha value is -3.22. The van der Waals surface area contributed by atoms with Crippen molar-refractivity contribution in [3.05, 3.63) is 69.8 Å². The van der Waals surface area contributed by atoms with Crippen LogP contribution in [0.5, 0.6) is 0 Å². The number of nitro groups is 1. The highest BCUT2D eigenvalue weighted by atomic mass is 16.6. The molecule has 2 amide bonds. The summed E-state index contributed by atoms with van der Waals surface area (Å²) < 4.78 is 0. The molecule has 1 atom stereocenters. The molecule has 1 aliphatic rings. The molecule has 1 saturated heterocycles. The molecule has 1 unspecified atom stereocenters. The summed E-state index contributed by atoms with van der Waals surface area (Å²) in [5.41, 5.74) is 2.35. The predicted octanol–water partition coefficient (Wildman–Crippen LogP) is 4.77. The molecule has 0 radical (unpaired) electrons. The molecule has 1 heterocycles. The highest BCUT2D eigenvalue weighted by Crippen LogP contribution is 2.27. The minimum Gasteiger partial charge on any atom is -0.342 e. The van der Waals surface area contributed by atoms with Gasteiger partial charge in [-0.1, -0.05) is 50.2 Å². The van der Waals surface area contributed by atoms with Crippen molar-refractivity contribution in [2.24, 2.45) is 11.8 Å². The van der Waals surface area contributed by atoms with Gasteiger partial charge < -0.3 is 10.2 Å². The summed E-state index contributed by atoms with van der Waals surface area (Å²) >= 11 is 0. The molecule has 2 aromatic rings. The molecule has 0 bridgehead atoms. The Kier molecular flexibility index (Phi) is 7.62. The smallest absolute Gasteiger partial charge is 0.292 e. The van der Waals surface area contributed by atoms with Gasteiger partial charge in [-0.15, -0.1) is 0 Å². The summed E-state index contributed by atoms with van der Waals surface area (Å²) in [6.07, 6.45) is 2.10. The normalized spacial score (nSPS) is 15.4. The van der Waals surface area contributed by atoms with Gasteiger partial charge in [0.25, 0.3) is 5.69 Å². The number of amides is 2. The summed E-state index contributed by atoms with van der Waals surface area (Å²) in [5, 5.41) is 13.8. The number of nitrogens with one attached hydrogen (secondary N) is 1. The van der Waals surface area contributed by atoms with Crippen LogP contribution in [0.4, 0.5) is 11.4 Å². The monoisotopic (exact) mass is 437 g/mol. The molecule has 7 heteroatoms. The zero-order valence-electron chi connectivity index (χ0n) is 18.9. The van der Waals surface area contributed by atoms with Gasteiger partial charge in [0.15, 0.2) is 0 Å². The fourth-order valence-corrected chi connectivity index (χ4v) is 4.17. The lowest BCUT2D eigenvalue weighted by Crippen LogP contribution is -2.43. The van der Waals surface area contributed by atoms with Crippen molar-refractivity contribution in [3.63, 3.8) is 0 Å². The number of hydrogen-bond acceptors (Lipinski definition) is 4. The number of hydrogen-bond donors (Lipinski definition) is 1. The number of nitrogens with zero attached hydrogens (tertiary/aromatic N) is 2. The van der Waals surface area contributed by atoms with E-state index in [9.17, 15) is 19.7 Å². The third-order valence-electron chi connectivity index (χ3n) is 6.03. The lowest BCUT2D eigenvalue weighted by Gasteiger charge is -2.33. The molecule has 0 spiro atoms. The molecule has 0 aliphatic carbocycles. The fraction of sp³-hybridized carbons (Fsp3) is 0.440. The Morgan fingerprint density at radius 1 is 1.06 bits per heavy atom. The number of benzene rings is 2. The van der Waals surface area contributed by atoms with Crippen molar-refractivity contribution in [1.29, 1.82) is 0 Å². The Morgan fingerprint density at radius 2 is 1.69 bits per heavy atom. The van der Waals surface area contributed by atoms with Gasteiger partial charge in [0.1, 0.15) is 5.69 Å². The van der Waals surface area contributed by atoms with E-state index in [1.54, 1.807) is 12.1 Å². The van der Waals surface area contributed by atoms with Gasteiger partial charge in [-0.25, -0.2) is 0 Å². The number of nitro benzene ring substituents is 1. The van der Waals surface area contributed by atoms with E-state index in [2.05, 4.69) is 31.3 Å². The Labute approximate surface area is 189 Å². The molecule has 7 nitrogen and oxygen atoms in total. The average molecular weight is 438 g/mol. The molecule has 32 heavy (non-hydrogen) atoms. The first-order valence-electron chi connectivity index (χ1n) is 11.2. The first-order valence-corrected chi connectivity index (χ1v) is 11.2. The third-order valence-corrected chi connectivity index (χ3v) is 6.03. The van der Waals surface area contributed by atoms with Crippen LogP contribution >= 0.6 is 0 Å². The molecular weight excluding hydrogens is 406 g/mol. The Morgan fingerprint density at radius 3 is 2.28 bits per heavy atom. The zero-order valence-corrected chi connectivity index (χ0v) is 18.9. The van der Waals surface area contributed by atoms with Gasteiger partial charge in [-0.3, -0.25) is 19.7 Å². The van der Waals surface area contributed by atoms with E-state index in [1.807, 2.05) is 24.0 Å².